The highest BCUT2D eigenvalue weighted by atomic mass is 16.1. The van der Waals surface area contributed by atoms with E-state index in [0.717, 1.165) is 66.4 Å². The number of fused-ring (bicyclic) bond motifs is 1. The van der Waals surface area contributed by atoms with Crippen LogP contribution >= 0.6 is 0 Å². The van der Waals surface area contributed by atoms with Gasteiger partial charge in [-0.2, -0.15) is 0 Å². The first-order chi connectivity index (χ1) is 20.1. The van der Waals surface area contributed by atoms with E-state index in [1.807, 2.05) is 38.4 Å². The molecule has 0 radical (unpaired) electrons. The number of aryl methyl sites for hydroxylation is 1. The molecule has 2 aliphatic rings. The molecular weight excluding hydrogens is 510 g/mol. The molecule has 1 aliphatic heterocycles. The lowest BCUT2D eigenvalue weighted by Crippen LogP contribution is -2.34. The first-order valence-corrected chi connectivity index (χ1v) is 14.9. The van der Waals surface area contributed by atoms with Crippen LogP contribution in [-0.2, 0) is 16.0 Å². The first kappa shape index (κ1) is 35.7. The van der Waals surface area contributed by atoms with Crippen molar-refractivity contribution >= 4 is 23.3 Å². The number of piperidine rings is 1. The number of Topliss-reactive ketones (excluding diaryl/α,β-unsaturated/α-hetero) is 1. The largest absolute Gasteiger partial charge is 0.342 e. The monoisotopic (exact) mass is 561 g/mol. The van der Waals surface area contributed by atoms with Crippen LogP contribution in [0.2, 0.25) is 0 Å². The number of hydrogen-bond donors (Lipinski definition) is 2. The quantitative estimate of drug-likeness (QED) is 0.213. The van der Waals surface area contributed by atoms with Gasteiger partial charge in [-0.1, -0.05) is 38.8 Å². The van der Waals surface area contributed by atoms with Gasteiger partial charge < -0.3 is 20.4 Å². The molecule has 1 aliphatic carbocycles. The van der Waals surface area contributed by atoms with Crippen molar-refractivity contribution < 1.29 is 9.59 Å². The summed E-state index contributed by atoms with van der Waals surface area (Å²) in [4.78, 5) is 33.9. The molecule has 224 valence electrons. The Bertz CT molecular complexity index is 1140. The number of nitrogens with one attached hydrogen (secondary N) is 1. The zero-order valence-corrected chi connectivity index (χ0v) is 25.5. The van der Waals surface area contributed by atoms with Crippen molar-refractivity contribution in [2.24, 2.45) is 11.1 Å². The summed E-state index contributed by atoms with van der Waals surface area (Å²) < 4.78 is 0. The maximum Gasteiger partial charge on any atom is 0.132 e. The molecule has 41 heavy (non-hydrogen) atoms. The van der Waals surface area contributed by atoms with Crippen molar-refractivity contribution in [3.63, 3.8) is 0 Å². The van der Waals surface area contributed by atoms with Crippen molar-refractivity contribution in [2.45, 2.75) is 84.5 Å². The van der Waals surface area contributed by atoms with E-state index in [4.69, 9.17) is 4.79 Å². The zero-order chi connectivity index (χ0) is 30.5. The summed E-state index contributed by atoms with van der Waals surface area (Å²) in [5, 5.41) is 2.33. The number of unbranched alkanes of at least 4 members (excludes halogenated alkanes) is 3. The van der Waals surface area contributed by atoms with E-state index < -0.39 is 0 Å². The van der Waals surface area contributed by atoms with E-state index in [-0.39, 0.29) is 0 Å². The highest BCUT2D eigenvalue weighted by Gasteiger charge is 2.43. The van der Waals surface area contributed by atoms with Gasteiger partial charge in [0.25, 0.3) is 0 Å². The Kier molecular flexibility index (Phi) is 17.9. The number of aromatic amines is 1. The van der Waals surface area contributed by atoms with Crippen LogP contribution in [-0.4, -0.2) is 59.1 Å². The molecule has 1 saturated carbocycles. The molecule has 0 atom stereocenters. The van der Waals surface area contributed by atoms with Crippen molar-refractivity contribution in [3.8, 4) is 24.1 Å². The van der Waals surface area contributed by atoms with Crippen molar-refractivity contribution in [1.82, 2.24) is 19.9 Å². The number of nitrogens with two attached hydrogens (primary N) is 1. The molecule has 2 fully saturated rings. The van der Waals surface area contributed by atoms with Gasteiger partial charge in [0.05, 0.1) is 11.9 Å². The van der Waals surface area contributed by atoms with Crippen LogP contribution in [0, 0.1) is 18.3 Å². The lowest BCUT2D eigenvalue weighted by Gasteiger charge is -2.30. The number of hydrogen-bond acceptors (Lipinski definition) is 6. The summed E-state index contributed by atoms with van der Waals surface area (Å²) in [5.41, 5.74) is 7.57. The Morgan fingerprint density at radius 3 is 2.29 bits per heavy atom. The minimum atomic E-state index is 0.377. The van der Waals surface area contributed by atoms with Crippen molar-refractivity contribution in [2.75, 3.05) is 26.7 Å². The summed E-state index contributed by atoms with van der Waals surface area (Å²) in [5.74, 6) is 1.41. The SMILES string of the molecule is C#C.C=O.CCC(=O)CCCCCCc1ncc(-c2ccc3cnccc3c2)[nH]1.CCN1CCC2(CC1)CC2.CN. The third kappa shape index (κ3) is 12.4. The number of nitrogens with zero attached hydrogens (tertiary/aromatic N) is 3. The maximum atomic E-state index is 11.3. The first-order valence-electron chi connectivity index (χ1n) is 14.9. The standard InChI is InChI=1S/C21H25N3O.C9H17N.C2H2.CH5N.CH2O/c1-2-19(25)7-5-3-4-6-8-21-23-15-20(24-21)17-9-10-18-14-22-12-11-16(18)13-17;1-2-10-7-5-9(3-4-9)6-8-10;3*1-2/h9-15H,2-8H2,1H3,(H,23,24);2-8H2,1H3;1-2H;2H2,1H3;1H2. The van der Waals surface area contributed by atoms with Crippen LogP contribution in [0.5, 0.6) is 0 Å². The van der Waals surface area contributed by atoms with Crippen molar-refractivity contribution in [3.05, 3.63) is 48.7 Å². The number of pyridine rings is 1. The van der Waals surface area contributed by atoms with Crippen LogP contribution in [0.25, 0.3) is 22.0 Å². The van der Waals surface area contributed by atoms with E-state index in [1.165, 1.54) is 57.8 Å². The van der Waals surface area contributed by atoms with E-state index in [1.54, 1.807) is 0 Å². The average molecular weight is 562 g/mol. The van der Waals surface area contributed by atoms with Gasteiger partial charge in [-0.15, -0.1) is 12.8 Å². The average Bonchev–Trinajstić information content (AvgIpc) is 3.63. The predicted molar refractivity (Wildman–Crippen MR) is 172 cm³/mol. The second-order valence-corrected chi connectivity index (χ2v) is 10.4. The Morgan fingerprint density at radius 1 is 0.976 bits per heavy atom. The van der Waals surface area contributed by atoms with E-state index in [2.05, 4.69) is 63.6 Å². The van der Waals surface area contributed by atoms with Crippen LogP contribution in [0.3, 0.4) is 0 Å². The van der Waals surface area contributed by atoms with E-state index >= 15 is 0 Å². The summed E-state index contributed by atoms with van der Waals surface area (Å²) in [6, 6.07) is 8.39. The van der Waals surface area contributed by atoms with Crippen molar-refractivity contribution in [1.29, 1.82) is 0 Å². The number of aromatic nitrogens is 3. The summed E-state index contributed by atoms with van der Waals surface area (Å²) >= 11 is 0. The molecule has 1 saturated heterocycles. The molecule has 3 heterocycles. The third-order valence-corrected chi connectivity index (χ3v) is 7.91. The van der Waals surface area contributed by atoms with Gasteiger partial charge in [-0.25, -0.2) is 4.98 Å². The molecule has 0 unspecified atom stereocenters. The number of carbonyl (C=O) groups excluding carboxylic acids is 2. The van der Waals surface area contributed by atoms with Gasteiger partial charge in [-0.3, -0.25) is 9.78 Å². The molecule has 5 rings (SSSR count). The van der Waals surface area contributed by atoms with Crippen LogP contribution in [0.15, 0.2) is 42.9 Å². The lowest BCUT2D eigenvalue weighted by atomic mass is 9.94. The number of H-pyrrole nitrogens is 1. The Morgan fingerprint density at radius 2 is 1.66 bits per heavy atom. The van der Waals surface area contributed by atoms with Gasteiger partial charge in [0.2, 0.25) is 0 Å². The van der Waals surface area contributed by atoms with Gasteiger partial charge >= 0.3 is 0 Å². The molecule has 0 bridgehead atoms. The molecule has 7 nitrogen and oxygen atoms in total. The molecular formula is C34H51N5O2. The number of rotatable bonds is 10. The number of benzene rings is 1. The third-order valence-electron chi connectivity index (χ3n) is 7.91. The van der Waals surface area contributed by atoms with Crippen LogP contribution < -0.4 is 5.73 Å². The second kappa shape index (κ2) is 20.5. The minimum Gasteiger partial charge on any atom is -0.342 e. The smallest absolute Gasteiger partial charge is 0.132 e. The Balaban J connectivity index is 0.000000434. The number of carbonyl (C=O) groups is 2. The fourth-order valence-electron chi connectivity index (χ4n) is 5.05. The molecule has 0 amide bonds. The Labute approximate surface area is 247 Å². The maximum absolute atomic E-state index is 11.3. The lowest BCUT2D eigenvalue weighted by molar-refractivity contribution is -0.118. The van der Waals surface area contributed by atoms with Gasteiger partial charge in [0, 0.05) is 42.6 Å². The van der Waals surface area contributed by atoms with E-state index in [9.17, 15) is 4.79 Å². The van der Waals surface area contributed by atoms with Crippen LogP contribution in [0.1, 0.15) is 83.9 Å². The second-order valence-electron chi connectivity index (χ2n) is 10.4. The molecule has 2 aromatic heterocycles. The number of ketones is 1. The number of terminal acetylenes is 1. The number of likely N-dealkylation sites (tertiary alicyclic amines) is 1. The normalized spacial score (nSPS) is 14.6. The highest BCUT2D eigenvalue weighted by Crippen LogP contribution is 2.53. The molecule has 3 aromatic rings. The predicted octanol–water partition coefficient (Wildman–Crippen LogP) is 6.62. The minimum absolute atomic E-state index is 0.377. The molecule has 1 aromatic carbocycles. The van der Waals surface area contributed by atoms with Crippen LogP contribution in [0.4, 0.5) is 0 Å². The van der Waals surface area contributed by atoms with Gasteiger partial charge in [-0.05, 0) is 88.1 Å². The highest BCUT2D eigenvalue weighted by molar-refractivity contribution is 5.85. The van der Waals surface area contributed by atoms with Gasteiger partial charge in [0.15, 0.2) is 0 Å². The molecule has 7 heteroatoms. The zero-order valence-electron chi connectivity index (χ0n) is 25.5. The molecule has 3 N–H and O–H groups in total. The van der Waals surface area contributed by atoms with Gasteiger partial charge in [0.1, 0.15) is 18.4 Å². The fraction of sp³-hybridized carbons (Fsp3) is 0.529. The topological polar surface area (TPSA) is 105 Å². The molecule has 1 spiro atoms. The number of imidazole rings is 1. The Hall–Kier alpha value is -3.34. The fourth-order valence-corrected chi connectivity index (χ4v) is 5.05. The summed E-state index contributed by atoms with van der Waals surface area (Å²) in [7, 11) is 1.50. The summed E-state index contributed by atoms with van der Waals surface area (Å²) in [6.45, 7) is 10.2. The van der Waals surface area contributed by atoms with E-state index in [0.29, 0.717) is 12.2 Å². The summed E-state index contributed by atoms with van der Waals surface area (Å²) in [6.07, 6.45) is 26.4.